The minimum atomic E-state index is -4.06. The average Bonchev–Trinajstić information content (AvgIpc) is 2.29. The predicted octanol–water partition coefficient (Wildman–Crippen LogP) is -0.392. The van der Waals surface area contributed by atoms with Gasteiger partial charge in [-0.1, -0.05) is 51.9 Å². The first-order valence-corrected chi connectivity index (χ1v) is 8.65. The molecule has 0 N–H and O–H groups in total. The van der Waals surface area contributed by atoms with Crippen molar-refractivity contribution in [1.29, 1.82) is 0 Å². The molecule has 0 rings (SSSR count). The molecule has 0 atom stereocenters. The van der Waals surface area contributed by atoms with E-state index in [-0.39, 0.29) is 35.3 Å². The molecule has 0 aromatic heterocycles. The molecule has 6 heteroatoms. The molecule has 0 aliphatic carbocycles. The van der Waals surface area contributed by atoms with Crippen LogP contribution in [0.1, 0.15) is 58.3 Å². The fourth-order valence-corrected chi connectivity index (χ4v) is 2.43. The third kappa shape index (κ3) is 18.9. The summed E-state index contributed by atoms with van der Waals surface area (Å²) in [6.45, 7) is 3.45. The van der Waals surface area contributed by atoms with Crippen LogP contribution in [0.5, 0.6) is 0 Å². The largest absolute Gasteiger partial charge is 1.00 e. The molecular weight excluding hydrogens is 273 g/mol. The third-order valence-electron chi connectivity index (χ3n) is 3.12. The number of nitrogens with zero attached hydrogens (tertiary/aromatic N) is 1. The maximum atomic E-state index is 10.5. The summed E-state index contributed by atoms with van der Waals surface area (Å²) in [6, 6.07) is 0. The molecule has 0 aromatic rings. The Morgan fingerprint density at radius 3 is 1.84 bits per heavy atom. The van der Waals surface area contributed by atoms with E-state index in [1.165, 1.54) is 44.9 Å². The average molecular weight is 301 g/mol. The Morgan fingerprint density at radius 2 is 1.37 bits per heavy atom. The zero-order valence-electron chi connectivity index (χ0n) is 12.9. The van der Waals surface area contributed by atoms with Crippen LogP contribution in [-0.2, 0) is 10.1 Å². The zero-order valence-corrected chi connectivity index (χ0v) is 15.7. The topological polar surface area (TPSA) is 60.4 Å². The molecule has 0 bridgehead atoms. The van der Waals surface area contributed by atoms with Crippen LogP contribution in [0.15, 0.2) is 0 Å². The van der Waals surface area contributed by atoms with E-state index >= 15 is 0 Å². The van der Waals surface area contributed by atoms with Crippen LogP contribution in [0.4, 0.5) is 0 Å². The van der Waals surface area contributed by atoms with Gasteiger partial charge in [0.2, 0.25) is 0 Å². The van der Waals surface area contributed by atoms with Crippen molar-refractivity contribution in [3.8, 4) is 0 Å². The molecule has 0 fully saturated rings. The Labute approximate surface area is 141 Å². The molecule has 0 saturated heterocycles. The Bertz CT molecular complexity index is 284. The molecule has 0 radical (unpaired) electrons. The van der Waals surface area contributed by atoms with Crippen LogP contribution in [0.25, 0.3) is 0 Å². The fourth-order valence-electron chi connectivity index (χ4n) is 1.90. The summed E-state index contributed by atoms with van der Waals surface area (Å²) in [6.07, 6.45) is 10.1. The summed E-state index contributed by atoms with van der Waals surface area (Å²) in [5.41, 5.74) is 0. The predicted molar refractivity (Wildman–Crippen MR) is 74.7 cm³/mol. The molecular formula is C13H28NNaO3S. The number of hydrogen-bond acceptors (Lipinski definition) is 4. The van der Waals surface area contributed by atoms with E-state index in [4.69, 9.17) is 0 Å². The SMILES string of the molecule is CCCCCCCCCCN(C)CCS(=O)(=O)[O-].[Na+]. The zero-order chi connectivity index (χ0) is 13.9. The van der Waals surface area contributed by atoms with Gasteiger partial charge in [-0.15, -0.1) is 0 Å². The third-order valence-corrected chi connectivity index (χ3v) is 3.80. The van der Waals surface area contributed by atoms with E-state index in [1.54, 1.807) is 0 Å². The summed E-state index contributed by atoms with van der Waals surface area (Å²) < 4.78 is 31.4. The summed E-state index contributed by atoms with van der Waals surface area (Å²) in [5, 5.41) is 0. The van der Waals surface area contributed by atoms with Gasteiger partial charge in [0.05, 0.1) is 15.9 Å². The maximum Gasteiger partial charge on any atom is 1.00 e. The molecule has 4 nitrogen and oxygen atoms in total. The Kier molecular flexibility index (Phi) is 16.1. The standard InChI is InChI=1S/C13H29NO3S.Na/c1-3-4-5-6-7-8-9-10-11-14(2)12-13-18(15,16)17;/h3-13H2,1-2H3,(H,15,16,17);/q;+1/p-1. The van der Waals surface area contributed by atoms with Crippen molar-refractivity contribution in [2.75, 3.05) is 25.9 Å². The van der Waals surface area contributed by atoms with E-state index < -0.39 is 10.1 Å². The van der Waals surface area contributed by atoms with Gasteiger partial charge in [0, 0.05) is 6.54 Å². The van der Waals surface area contributed by atoms with Gasteiger partial charge in [-0.05, 0) is 20.0 Å². The van der Waals surface area contributed by atoms with Gasteiger partial charge < -0.3 is 9.45 Å². The molecule has 0 unspecified atom stereocenters. The second kappa shape index (κ2) is 13.8. The van der Waals surface area contributed by atoms with Crippen LogP contribution >= 0.6 is 0 Å². The Morgan fingerprint density at radius 1 is 0.895 bits per heavy atom. The molecule has 0 aliphatic rings. The van der Waals surface area contributed by atoms with Crippen LogP contribution in [0.3, 0.4) is 0 Å². The Hall–Kier alpha value is 0.870. The molecule has 0 aliphatic heterocycles. The van der Waals surface area contributed by atoms with Crippen LogP contribution < -0.4 is 29.6 Å². The van der Waals surface area contributed by atoms with Gasteiger partial charge in [0.1, 0.15) is 0 Å². The minimum Gasteiger partial charge on any atom is -0.748 e. The minimum absolute atomic E-state index is 0. The van der Waals surface area contributed by atoms with Gasteiger partial charge >= 0.3 is 29.6 Å². The molecule has 110 valence electrons. The van der Waals surface area contributed by atoms with Gasteiger partial charge in [-0.3, -0.25) is 0 Å². The fraction of sp³-hybridized carbons (Fsp3) is 1.00. The van der Waals surface area contributed by atoms with E-state index in [2.05, 4.69) is 6.92 Å². The van der Waals surface area contributed by atoms with Gasteiger partial charge in [-0.25, -0.2) is 8.42 Å². The van der Waals surface area contributed by atoms with Crippen molar-refractivity contribution in [3.05, 3.63) is 0 Å². The smallest absolute Gasteiger partial charge is 0.748 e. The van der Waals surface area contributed by atoms with Crippen molar-refractivity contribution in [3.63, 3.8) is 0 Å². The summed E-state index contributed by atoms with van der Waals surface area (Å²) in [5.74, 6) is -0.277. The van der Waals surface area contributed by atoms with Crippen molar-refractivity contribution < 1.29 is 42.5 Å². The monoisotopic (exact) mass is 301 g/mol. The van der Waals surface area contributed by atoms with Gasteiger partial charge in [-0.2, -0.15) is 0 Å². The van der Waals surface area contributed by atoms with Gasteiger partial charge in [0.15, 0.2) is 0 Å². The van der Waals surface area contributed by atoms with E-state index in [9.17, 15) is 13.0 Å². The second-order valence-electron chi connectivity index (χ2n) is 5.04. The van der Waals surface area contributed by atoms with Crippen molar-refractivity contribution in [1.82, 2.24) is 4.90 Å². The summed E-state index contributed by atoms with van der Waals surface area (Å²) >= 11 is 0. The molecule has 0 spiro atoms. The first-order valence-electron chi connectivity index (χ1n) is 7.08. The normalized spacial score (nSPS) is 11.6. The van der Waals surface area contributed by atoms with Crippen LogP contribution in [0.2, 0.25) is 0 Å². The molecule has 0 heterocycles. The summed E-state index contributed by atoms with van der Waals surface area (Å²) in [7, 11) is -2.19. The first-order chi connectivity index (χ1) is 8.45. The van der Waals surface area contributed by atoms with Crippen molar-refractivity contribution in [2.24, 2.45) is 0 Å². The quantitative estimate of drug-likeness (QED) is 0.280. The van der Waals surface area contributed by atoms with Crippen molar-refractivity contribution in [2.45, 2.75) is 58.3 Å². The molecule has 0 aromatic carbocycles. The molecule has 0 saturated carbocycles. The molecule has 0 amide bonds. The maximum absolute atomic E-state index is 10.5. The van der Waals surface area contributed by atoms with E-state index in [0.29, 0.717) is 6.54 Å². The van der Waals surface area contributed by atoms with E-state index in [0.717, 1.165) is 13.0 Å². The van der Waals surface area contributed by atoms with Crippen molar-refractivity contribution >= 4 is 10.1 Å². The first kappa shape index (κ1) is 22.2. The summed E-state index contributed by atoms with van der Waals surface area (Å²) in [4.78, 5) is 1.92. The van der Waals surface area contributed by atoms with Crippen LogP contribution in [0, 0.1) is 0 Å². The molecule has 19 heavy (non-hydrogen) atoms. The Balaban J connectivity index is 0. The number of hydrogen-bond donors (Lipinski definition) is 0. The van der Waals surface area contributed by atoms with E-state index in [1.807, 2.05) is 11.9 Å². The second-order valence-corrected chi connectivity index (χ2v) is 6.56. The number of unbranched alkanes of at least 4 members (excludes halogenated alkanes) is 7. The van der Waals surface area contributed by atoms with Gasteiger partial charge in [0.25, 0.3) is 0 Å². The van der Waals surface area contributed by atoms with Crippen LogP contribution in [-0.4, -0.2) is 43.8 Å². The number of rotatable bonds is 12.